The summed E-state index contributed by atoms with van der Waals surface area (Å²) in [4.78, 5) is 24.3. The summed E-state index contributed by atoms with van der Waals surface area (Å²) in [5, 5.41) is 5.70. The molecular formula is C20H21FN2O2. The second-order valence-corrected chi connectivity index (χ2v) is 6.47. The van der Waals surface area contributed by atoms with E-state index in [0.717, 1.165) is 16.8 Å². The Balaban J connectivity index is 1.41. The number of nitrogens with one attached hydrogen (secondary N) is 2. The molecule has 0 aromatic heterocycles. The predicted molar refractivity (Wildman–Crippen MR) is 94.5 cm³/mol. The maximum atomic E-state index is 12.8. The van der Waals surface area contributed by atoms with Crippen molar-refractivity contribution in [2.24, 2.45) is 11.8 Å². The van der Waals surface area contributed by atoms with Crippen molar-refractivity contribution < 1.29 is 14.0 Å². The number of carbonyl (C=O) groups excluding carboxylic acids is 2. The SMILES string of the molecule is Cc1ccc(NC(=O)C2CC2C(=O)NCCc2ccc(F)cc2)cc1. The van der Waals surface area contributed by atoms with Crippen LogP contribution in [0.1, 0.15) is 17.5 Å². The zero-order chi connectivity index (χ0) is 17.8. The van der Waals surface area contributed by atoms with Crippen molar-refractivity contribution in [1.82, 2.24) is 5.32 Å². The highest BCUT2D eigenvalue weighted by molar-refractivity contribution is 5.99. The van der Waals surface area contributed by atoms with Crippen LogP contribution in [0, 0.1) is 24.6 Å². The van der Waals surface area contributed by atoms with Gasteiger partial charge >= 0.3 is 0 Å². The molecular weight excluding hydrogens is 319 g/mol. The normalized spacial score (nSPS) is 18.5. The lowest BCUT2D eigenvalue weighted by Crippen LogP contribution is -2.29. The number of carbonyl (C=O) groups is 2. The molecule has 1 aliphatic rings. The van der Waals surface area contributed by atoms with Crippen LogP contribution in [0.3, 0.4) is 0 Å². The summed E-state index contributed by atoms with van der Waals surface area (Å²) in [6.07, 6.45) is 1.22. The molecule has 2 atom stereocenters. The third-order valence-electron chi connectivity index (χ3n) is 4.41. The Bertz CT molecular complexity index is 756. The Labute approximate surface area is 146 Å². The molecule has 1 fully saturated rings. The van der Waals surface area contributed by atoms with Gasteiger partial charge in [0.25, 0.3) is 0 Å². The topological polar surface area (TPSA) is 58.2 Å². The van der Waals surface area contributed by atoms with Gasteiger partial charge in [-0.25, -0.2) is 4.39 Å². The van der Waals surface area contributed by atoms with Crippen LogP contribution in [0.2, 0.25) is 0 Å². The van der Waals surface area contributed by atoms with Crippen molar-refractivity contribution in [2.75, 3.05) is 11.9 Å². The standard InChI is InChI=1S/C20H21FN2O2/c1-13-2-8-16(9-3-13)23-20(25)18-12-17(18)19(24)22-11-10-14-4-6-15(21)7-5-14/h2-9,17-18H,10-12H2,1H3,(H,22,24)(H,23,25). The summed E-state index contributed by atoms with van der Waals surface area (Å²) in [6, 6.07) is 13.8. The van der Waals surface area contributed by atoms with E-state index < -0.39 is 0 Å². The summed E-state index contributed by atoms with van der Waals surface area (Å²) < 4.78 is 12.8. The van der Waals surface area contributed by atoms with Crippen LogP contribution in [0.15, 0.2) is 48.5 Å². The molecule has 3 rings (SSSR count). The second-order valence-electron chi connectivity index (χ2n) is 6.47. The molecule has 2 aromatic rings. The minimum Gasteiger partial charge on any atom is -0.356 e. The molecule has 0 aliphatic heterocycles. The third-order valence-corrected chi connectivity index (χ3v) is 4.41. The van der Waals surface area contributed by atoms with E-state index >= 15 is 0 Å². The molecule has 5 heteroatoms. The first kappa shape index (κ1) is 17.1. The summed E-state index contributed by atoms with van der Waals surface area (Å²) in [5.74, 6) is -0.979. The lowest BCUT2D eigenvalue weighted by Gasteiger charge is -2.07. The highest BCUT2D eigenvalue weighted by Crippen LogP contribution is 2.39. The number of rotatable bonds is 6. The number of benzene rings is 2. The smallest absolute Gasteiger partial charge is 0.228 e. The van der Waals surface area contributed by atoms with Gasteiger partial charge in [-0.2, -0.15) is 0 Å². The van der Waals surface area contributed by atoms with Crippen molar-refractivity contribution >= 4 is 17.5 Å². The average Bonchev–Trinajstić information content (AvgIpc) is 3.39. The molecule has 2 unspecified atom stereocenters. The van der Waals surface area contributed by atoms with Gasteiger partial charge in [-0.15, -0.1) is 0 Å². The van der Waals surface area contributed by atoms with Crippen LogP contribution in [0.25, 0.3) is 0 Å². The van der Waals surface area contributed by atoms with E-state index in [1.54, 1.807) is 12.1 Å². The van der Waals surface area contributed by atoms with Gasteiger partial charge in [-0.1, -0.05) is 29.8 Å². The van der Waals surface area contributed by atoms with Crippen molar-refractivity contribution in [2.45, 2.75) is 19.8 Å². The number of amides is 2. The van der Waals surface area contributed by atoms with Crippen LogP contribution >= 0.6 is 0 Å². The zero-order valence-corrected chi connectivity index (χ0v) is 14.1. The van der Waals surface area contributed by atoms with E-state index in [1.807, 2.05) is 31.2 Å². The number of aryl methyl sites for hydroxylation is 1. The Hall–Kier alpha value is -2.69. The summed E-state index contributed by atoms with van der Waals surface area (Å²) in [5.41, 5.74) is 2.84. The molecule has 0 saturated heterocycles. The third kappa shape index (κ3) is 4.66. The Morgan fingerprint density at radius 1 is 1.00 bits per heavy atom. The van der Waals surface area contributed by atoms with E-state index in [2.05, 4.69) is 10.6 Å². The second kappa shape index (κ2) is 7.47. The maximum Gasteiger partial charge on any atom is 0.228 e. The van der Waals surface area contributed by atoms with E-state index in [1.165, 1.54) is 12.1 Å². The fourth-order valence-electron chi connectivity index (χ4n) is 2.76. The first-order valence-electron chi connectivity index (χ1n) is 8.42. The lowest BCUT2D eigenvalue weighted by atomic mass is 10.1. The van der Waals surface area contributed by atoms with E-state index in [4.69, 9.17) is 0 Å². The van der Waals surface area contributed by atoms with Crippen molar-refractivity contribution in [3.8, 4) is 0 Å². The van der Waals surface area contributed by atoms with Gasteiger partial charge in [0, 0.05) is 12.2 Å². The van der Waals surface area contributed by atoms with Crippen LogP contribution in [-0.2, 0) is 16.0 Å². The summed E-state index contributed by atoms with van der Waals surface area (Å²) >= 11 is 0. The Kier molecular flexibility index (Phi) is 5.12. The van der Waals surface area contributed by atoms with E-state index in [9.17, 15) is 14.0 Å². The van der Waals surface area contributed by atoms with Gasteiger partial charge in [0.05, 0.1) is 11.8 Å². The molecule has 0 spiro atoms. The van der Waals surface area contributed by atoms with Crippen molar-refractivity contribution in [3.63, 3.8) is 0 Å². The molecule has 25 heavy (non-hydrogen) atoms. The molecule has 2 amide bonds. The van der Waals surface area contributed by atoms with Gasteiger partial charge in [-0.05, 0) is 49.6 Å². The molecule has 2 aromatic carbocycles. The molecule has 4 nitrogen and oxygen atoms in total. The molecule has 0 radical (unpaired) electrons. The van der Waals surface area contributed by atoms with Gasteiger partial charge in [-0.3, -0.25) is 9.59 Å². The van der Waals surface area contributed by atoms with Crippen LogP contribution in [0.4, 0.5) is 10.1 Å². The van der Waals surface area contributed by atoms with Crippen LogP contribution in [-0.4, -0.2) is 18.4 Å². The van der Waals surface area contributed by atoms with Crippen molar-refractivity contribution in [1.29, 1.82) is 0 Å². The minimum absolute atomic E-state index is 0.0915. The highest BCUT2D eigenvalue weighted by atomic mass is 19.1. The fraction of sp³-hybridized carbons (Fsp3) is 0.300. The molecule has 130 valence electrons. The molecule has 1 saturated carbocycles. The van der Waals surface area contributed by atoms with Gasteiger partial charge in [0.1, 0.15) is 5.82 Å². The Morgan fingerprint density at radius 2 is 1.64 bits per heavy atom. The van der Waals surface area contributed by atoms with Gasteiger partial charge in [0.15, 0.2) is 0 Å². The zero-order valence-electron chi connectivity index (χ0n) is 14.1. The maximum absolute atomic E-state index is 12.8. The number of hydrogen-bond donors (Lipinski definition) is 2. The first-order valence-corrected chi connectivity index (χ1v) is 8.42. The lowest BCUT2D eigenvalue weighted by molar-refractivity contribution is -0.125. The highest BCUT2D eigenvalue weighted by Gasteiger charge is 2.47. The van der Waals surface area contributed by atoms with Crippen molar-refractivity contribution in [3.05, 3.63) is 65.5 Å². The number of hydrogen-bond acceptors (Lipinski definition) is 2. The number of anilines is 1. The first-order chi connectivity index (χ1) is 12.0. The number of halogens is 1. The molecule has 0 bridgehead atoms. The van der Waals surface area contributed by atoms with Crippen LogP contribution < -0.4 is 10.6 Å². The molecule has 0 heterocycles. The summed E-state index contributed by atoms with van der Waals surface area (Å²) in [7, 11) is 0. The summed E-state index contributed by atoms with van der Waals surface area (Å²) in [6.45, 7) is 2.46. The minimum atomic E-state index is -0.270. The fourth-order valence-corrected chi connectivity index (χ4v) is 2.76. The average molecular weight is 340 g/mol. The Morgan fingerprint density at radius 3 is 2.32 bits per heavy atom. The monoisotopic (exact) mass is 340 g/mol. The van der Waals surface area contributed by atoms with Crippen LogP contribution in [0.5, 0.6) is 0 Å². The predicted octanol–water partition coefficient (Wildman–Crippen LogP) is 3.07. The quantitative estimate of drug-likeness (QED) is 0.849. The van der Waals surface area contributed by atoms with Gasteiger partial charge in [0.2, 0.25) is 11.8 Å². The van der Waals surface area contributed by atoms with Gasteiger partial charge < -0.3 is 10.6 Å². The molecule has 2 N–H and O–H groups in total. The van der Waals surface area contributed by atoms with E-state index in [0.29, 0.717) is 19.4 Å². The largest absolute Gasteiger partial charge is 0.356 e. The van der Waals surface area contributed by atoms with E-state index in [-0.39, 0.29) is 29.5 Å². The molecule has 1 aliphatic carbocycles.